The van der Waals surface area contributed by atoms with Crippen molar-refractivity contribution in [3.8, 4) is 5.75 Å². The van der Waals surface area contributed by atoms with Crippen LogP contribution in [0.4, 0.5) is 0 Å². The van der Waals surface area contributed by atoms with E-state index in [4.69, 9.17) is 4.74 Å². The lowest BCUT2D eigenvalue weighted by Gasteiger charge is -2.15. The standard InChI is InChI=1S/C21H18O4/c22-20(18-8-4-5-9-19(18)21(23)24)16-10-12-17(13-11-16)25-14-15-6-2-1-3-7-15/h1-13,20,22H,14H2,(H,23,24). The van der Waals surface area contributed by atoms with E-state index in [1.165, 1.54) is 6.07 Å². The Hall–Kier alpha value is -3.11. The first-order valence-electron chi connectivity index (χ1n) is 7.92. The summed E-state index contributed by atoms with van der Waals surface area (Å²) in [5, 5.41) is 19.8. The molecule has 0 spiro atoms. The molecule has 0 bridgehead atoms. The van der Waals surface area contributed by atoms with Crippen LogP contribution in [0.15, 0.2) is 78.9 Å². The van der Waals surface area contributed by atoms with Crippen molar-refractivity contribution in [1.82, 2.24) is 0 Å². The number of hydrogen-bond donors (Lipinski definition) is 2. The first kappa shape index (κ1) is 16.7. The molecule has 0 heterocycles. The Bertz CT molecular complexity index is 841. The monoisotopic (exact) mass is 334 g/mol. The number of aliphatic hydroxyl groups is 1. The van der Waals surface area contributed by atoms with Crippen molar-refractivity contribution in [2.45, 2.75) is 12.7 Å². The van der Waals surface area contributed by atoms with Crippen LogP contribution >= 0.6 is 0 Å². The van der Waals surface area contributed by atoms with Gasteiger partial charge in [0.05, 0.1) is 5.56 Å². The van der Waals surface area contributed by atoms with Gasteiger partial charge in [-0.3, -0.25) is 0 Å². The van der Waals surface area contributed by atoms with Gasteiger partial charge in [-0.05, 0) is 34.9 Å². The minimum atomic E-state index is -1.06. The highest BCUT2D eigenvalue weighted by molar-refractivity contribution is 5.89. The predicted molar refractivity (Wildman–Crippen MR) is 94.7 cm³/mol. The number of benzene rings is 3. The maximum absolute atomic E-state index is 11.3. The average molecular weight is 334 g/mol. The number of aliphatic hydroxyl groups excluding tert-OH is 1. The van der Waals surface area contributed by atoms with E-state index in [9.17, 15) is 15.0 Å². The summed E-state index contributed by atoms with van der Waals surface area (Å²) in [6, 6.07) is 23.3. The van der Waals surface area contributed by atoms with Gasteiger partial charge in [-0.1, -0.05) is 60.7 Å². The van der Waals surface area contributed by atoms with Gasteiger partial charge in [0.15, 0.2) is 0 Å². The topological polar surface area (TPSA) is 66.8 Å². The molecular formula is C21H18O4. The van der Waals surface area contributed by atoms with Gasteiger partial charge in [-0.15, -0.1) is 0 Å². The summed E-state index contributed by atoms with van der Waals surface area (Å²) in [7, 11) is 0. The van der Waals surface area contributed by atoms with Crippen LogP contribution in [-0.2, 0) is 6.61 Å². The molecule has 0 aliphatic rings. The number of aromatic carboxylic acids is 1. The summed E-state index contributed by atoms with van der Waals surface area (Å²) in [4.78, 5) is 11.3. The molecular weight excluding hydrogens is 316 g/mol. The first-order chi connectivity index (χ1) is 12.1. The molecule has 3 rings (SSSR count). The van der Waals surface area contributed by atoms with E-state index >= 15 is 0 Å². The highest BCUT2D eigenvalue weighted by Crippen LogP contribution is 2.26. The van der Waals surface area contributed by atoms with Crippen LogP contribution in [0.1, 0.15) is 33.2 Å². The molecule has 0 saturated heterocycles. The third kappa shape index (κ3) is 4.05. The Morgan fingerprint density at radius 3 is 2.20 bits per heavy atom. The molecule has 0 aromatic heterocycles. The van der Waals surface area contributed by atoms with E-state index in [-0.39, 0.29) is 5.56 Å². The molecule has 0 fully saturated rings. The van der Waals surface area contributed by atoms with Crippen LogP contribution in [-0.4, -0.2) is 16.2 Å². The molecule has 1 atom stereocenters. The second-order valence-corrected chi connectivity index (χ2v) is 5.64. The second kappa shape index (κ2) is 7.64. The minimum Gasteiger partial charge on any atom is -0.489 e. The third-order valence-corrected chi connectivity index (χ3v) is 3.93. The Labute approximate surface area is 146 Å². The molecule has 1 unspecified atom stereocenters. The second-order valence-electron chi connectivity index (χ2n) is 5.64. The number of hydrogen-bond acceptors (Lipinski definition) is 3. The van der Waals surface area contributed by atoms with Crippen LogP contribution in [0.3, 0.4) is 0 Å². The predicted octanol–water partition coefficient (Wildman–Crippen LogP) is 4.05. The Morgan fingerprint density at radius 2 is 1.52 bits per heavy atom. The van der Waals surface area contributed by atoms with Crippen molar-refractivity contribution in [3.63, 3.8) is 0 Å². The SMILES string of the molecule is O=C(O)c1ccccc1C(O)c1ccc(OCc2ccccc2)cc1. The van der Waals surface area contributed by atoms with Gasteiger partial charge >= 0.3 is 5.97 Å². The Kier molecular flexibility index (Phi) is 5.11. The van der Waals surface area contributed by atoms with Crippen molar-refractivity contribution in [2.24, 2.45) is 0 Å². The normalized spacial score (nSPS) is 11.7. The maximum Gasteiger partial charge on any atom is 0.336 e. The molecule has 0 aliphatic heterocycles. The molecule has 4 nitrogen and oxygen atoms in total. The average Bonchev–Trinajstić information content (AvgIpc) is 2.67. The van der Waals surface area contributed by atoms with E-state index in [1.807, 2.05) is 30.3 Å². The van der Waals surface area contributed by atoms with Gasteiger partial charge in [0.1, 0.15) is 18.5 Å². The summed E-state index contributed by atoms with van der Waals surface area (Å²) < 4.78 is 5.72. The number of ether oxygens (including phenoxy) is 1. The molecule has 4 heteroatoms. The lowest BCUT2D eigenvalue weighted by Crippen LogP contribution is -2.08. The van der Waals surface area contributed by atoms with Gasteiger partial charge in [-0.25, -0.2) is 4.79 Å². The quantitative estimate of drug-likeness (QED) is 0.714. The molecule has 0 radical (unpaired) electrons. The van der Waals surface area contributed by atoms with E-state index in [0.29, 0.717) is 23.5 Å². The molecule has 0 saturated carbocycles. The van der Waals surface area contributed by atoms with Crippen LogP contribution < -0.4 is 4.74 Å². The van der Waals surface area contributed by atoms with Crippen LogP contribution in [0.25, 0.3) is 0 Å². The largest absolute Gasteiger partial charge is 0.489 e. The zero-order valence-corrected chi connectivity index (χ0v) is 13.5. The molecule has 0 amide bonds. The van der Waals surface area contributed by atoms with Crippen molar-refractivity contribution >= 4 is 5.97 Å². The van der Waals surface area contributed by atoms with Crippen LogP contribution in [0.5, 0.6) is 5.75 Å². The fourth-order valence-electron chi connectivity index (χ4n) is 2.60. The van der Waals surface area contributed by atoms with Gasteiger partial charge in [0, 0.05) is 0 Å². The zero-order valence-electron chi connectivity index (χ0n) is 13.5. The fraction of sp³-hybridized carbons (Fsp3) is 0.0952. The minimum absolute atomic E-state index is 0.0967. The van der Waals surface area contributed by atoms with E-state index in [0.717, 1.165) is 5.56 Å². The summed E-state index contributed by atoms with van der Waals surface area (Å²) in [6.45, 7) is 0.463. The van der Waals surface area contributed by atoms with Crippen molar-refractivity contribution in [1.29, 1.82) is 0 Å². The number of carbonyl (C=O) groups is 1. The number of rotatable bonds is 6. The summed E-state index contributed by atoms with van der Waals surface area (Å²) >= 11 is 0. The zero-order chi connectivity index (χ0) is 17.6. The molecule has 3 aromatic carbocycles. The Balaban J connectivity index is 1.73. The summed E-state index contributed by atoms with van der Waals surface area (Å²) in [6.07, 6.45) is -1.00. The van der Waals surface area contributed by atoms with Gasteiger partial charge in [0.25, 0.3) is 0 Å². The Morgan fingerprint density at radius 1 is 0.880 bits per heavy atom. The molecule has 25 heavy (non-hydrogen) atoms. The molecule has 0 aliphatic carbocycles. The first-order valence-corrected chi connectivity index (χ1v) is 7.92. The fourth-order valence-corrected chi connectivity index (χ4v) is 2.60. The highest BCUT2D eigenvalue weighted by atomic mass is 16.5. The summed E-state index contributed by atoms with van der Waals surface area (Å²) in [5.74, 6) is -0.371. The van der Waals surface area contributed by atoms with Crippen molar-refractivity contribution < 1.29 is 19.7 Å². The summed E-state index contributed by atoms with van der Waals surface area (Å²) in [5.41, 5.74) is 2.15. The van der Waals surface area contributed by atoms with E-state index in [1.54, 1.807) is 42.5 Å². The number of carboxylic acids is 1. The third-order valence-electron chi connectivity index (χ3n) is 3.93. The number of carboxylic acid groups (broad SMARTS) is 1. The van der Waals surface area contributed by atoms with E-state index in [2.05, 4.69) is 0 Å². The molecule has 126 valence electrons. The lowest BCUT2D eigenvalue weighted by atomic mass is 9.97. The van der Waals surface area contributed by atoms with Crippen LogP contribution in [0, 0.1) is 0 Å². The highest BCUT2D eigenvalue weighted by Gasteiger charge is 2.18. The van der Waals surface area contributed by atoms with Gasteiger partial charge in [-0.2, -0.15) is 0 Å². The maximum atomic E-state index is 11.3. The van der Waals surface area contributed by atoms with E-state index < -0.39 is 12.1 Å². The molecule has 3 aromatic rings. The van der Waals surface area contributed by atoms with Crippen molar-refractivity contribution in [2.75, 3.05) is 0 Å². The van der Waals surface area contributed by atoms with Crippen LogP contribution in [0.2, 0.25) is 0 Å². The van der Waals surface area contributed by atoms with Crippen molar-refractivity contribution in [3.05, 3.63) is 101 Å². The van der Waals surface area contributed by atoms with Gasteiger partial charge < -0.3 is 14.9 Å². The van der Waals surface area contributed by atoms with Gasteiger partial charge in [0.2, 0.25) is 0 Å². The lowest BCUT2D eigenvalue weighted by molar-refractivity contribution is 0.0691. The molecule has 2 N–H and O–H groups in total. The smallest absolute Gasteiger partial charge is 0.336 e.